The van der Waals surface area contributed by atoms with E-state index in [0.29, 0.717) is 82.5 Å². The Morgan fingerprint density at radius 1 is 0.932 bits per heavy atom. The summed E-state index contributed by atoms with van der Waals surface area (Å²) in [5.74, 6) is 0.210. The van der Waals surface area contributed by atoms with Crippen LogP contribution < -0.4 is 15.7 Å². The molecule has 234 valence electrons. The fourth-order valence-electron chi connectivity index (χ4n) is 6.48. The number of nitrogens with zero attached hydrogens (tertiary/aromatic N) is 4. The highest BCUT2D eigenvalue weighted by Gasteiger charge is 2.35. The molecule has 3 aliphatic rings. The molecule has 2 aliphatic heterocycles. The number of morpholine rings is 1. The highest BCUT2D eigenvalue weighted by molar-refractivity contribution is 5.99. The van der Waals surface area contributed by atoms with Crippen molar-refractivity contribution in [1.29, 1.82) is 0 Å². The fourth-order valence-corrected chi connectivity index (χ4v) is 6.48. The minimum absolute atomic E-state index is 0.0930. The fraction of sp³-hybridized carbons (Fsp3) is 0.485. The molecule has 1 aliphatic carbocycles. The van der Waals surface area contributed by atoms with E-state index in [4.69, 9.17) is 9.47 Å². The average Bonchev–Trinajstić information content (AvgIpc) is 3.35. The number of hydrogen-bond donors (Lipinski definition) is 2. The van der Waals surface area contributed by atoms with Crippen LogP contribution in [0.5, 0.6) is 5.75 Å². The van der Waals surface area contributed by atoms with Crippen LogP contribution in [0.25, 0.3) is 11.3 Å². The van der Waals surface area contributed by atoms with Gasteiger partial charge >= 0.3 is 5.69 Å². The van der Waals surface area contributed by atoms with Gasteiger partial charge in [-0.1, -0.05) is 55.3 Å². The van der Waals surface area contributed by atoms with Crippen molar-refractivity contribution in [2.75, 3.05) is 59.1 Å². The molecule has 11 heteroatoms. The molecule has 1 saturated carbocycles. The van der Waals surface area contributed by atoms with Gasteiger partial charge in [-0.15, -0.1) is 0 Å². The third kappa shape index (κ3) is 6.45. The molecule has 2 amide bonds. The predicted octanol–water partition coefficient (Wildman–Crippen LogP) is 2.12. The zero-order valence-corrected chi connectivity index (χ0v) is 25.0. The van der Waals surface area contributed by atoms with Crippen molar-refractivity contribution in [3.63, 3.8) is 0 Å². The lowest BCUT2D eigenvalue weighted by Gasteiger charge is -2.30. The molecule has 0 spiro atoms. The van der Waals surface area contributed by atoms with Gasteiger partial charge in [0.1, 0.15) is 11.4 Å². The van der Waals surface area contributed by atoms with E-state index < -0.39 is 12.1 Å². The summed E-state index contributed by atoms with van der Waals surface area (Å²) < 4.78 is 14.4. The molecule has 1 aromatic heterocycles. The van der Waals surface area contributed by atoms with Crippen LogP contribution in [-0.2, 0) is 16.1 Å². The molecule has 2 saturated heterocycles. The lowest BCUT2D eigenvalue weighted by molar-refractivity contribution is -0.137. The first-order valence-corrected chi connectivity index (χ1v) is 15.7. The van der Waals surface area contributed by atoms with Crippen molar-refractivity contribution in [1.82, 2.24) is 24.3 Å². The lowest BCUT2D eigenvalue weighted by atomic mass is 9.92. The standard InChI is InChI=1S/C33H41N5O6/c39-28-12-5-4-11-27(28)38-30(25-8-2-1-3-9-25)31(32(41)36-15-13-34-14-16-36)37(33(38)42)22-24-7-6-10-26(21-24)44-23-29(40)35-17-19-43-20-18-35/h1-3,6-10,21,27-28,34,39H,4-5,11-20,22-23H2/t27?,28-/m1/s1. The number of imidazole rings is 1. The van der Waals surface area contributed by atoms with Crippen molar-refractivity contribution in [3.05, 3.63) is 76.3 Å². The molecule has 3 aromatic rings. The smallest absolute Gasteiger partial charge is 0.329 e. The first kappa shape index (κ1) is 30.1. The van der Waals surface area contributed by atoms with E-state index >= 15 is 0 Å². The number of aromatic nitrogens is 2. The monoisotopic (exact) mass is 603 g/mol. The van der Waals surface area contributed by atoms with Crippen LogP contribution in [0.2, 0.25) is 0 Å². The summed E-state index contributed by atoms with van der Waals surface area (Å²) >= 11 is 0. The van der Waals surface area contributed by atoms with Crippen molar-refractivity contribution >= 4 is 11.8 Å². The summed E-state index contributed by atoms with van der Waals surface area (Å²) in [6.45, 7) is 4.62. The van der Waals surface area contributed by atoms with E-state index in [2.05, 4.69) is 5.32 Å². The van der Waals surface area contributed by atoms with E-state index in [1.165, 1.54) is 0 Å². The molecule has 2 atom stereocenters. The van der Waals surface area contributed by atoms with Crippen LogP contribution in [-0.4, -0.2) is 101 Å². The molecule has 3 heterocycles. The van der Waals surface area contributed by atoms with Gasteiger partial charge < -0.3 is 29.7 Å². The molecule has 1 unspecified atom stereocenters. The summed E-state index contributed by atoms with van der Waals surface area (Å²) in [5, 5.41) is 14.4. The number of aliphatic hydroxyl groups is 1. The van der Waals surface area contributed by atoms with E-state index in [9.17, 15) is 19.5 Å². The van der Waals surface area contributed by atoms with Crippen molar-refractivity contribution in [2.45, 2.75) is 44.4 Å². The van der Waals surface area contributed by atoms with Gasteiger partial charge in [0.25, 0.3) is 11.8 Å². The molecule has 3 fully saturated rings. The van der Waals surface area contributed by atoms with Crippen LogP contribution in [0.15, 0.2) is 59.4 Å². The van der Waals surface area contributed by atoms with Gasteiger partial charge in [0.2, 0.25) is 0 Å². The van der Waals surface area contributed by atoms with Crippen LogP contribution >= 0.6 is 0 Å². The number of amides is 2. The van der Waals surface area contributed by atoms with E-state index in [-0.39, 0.29) is 30.7 Å². The maximum absolute atomic E-state index is 14.4. The Bertz CT molecular complexity index is 1510. The Balaban J connectivity index is 1.38. The highest BCUT2D eigenvalue weighted by Crippen LogP contribution is 2.34. The van der Waals surface area contributed by atoms with Crippen LogP contribution in [0.1, 0.15) is 47.8 Å². The highest BCUT2D eigenvalue weighted by atomic mass is 16.5. The topological polar surface area (TPSA) is 118 Å². The Morgan fingerprint density at radius 3 is 2.43 bits per heavy atom. The van der Waals surface area contributed by atoms with Gasteiger partial charge in [-0.3, -0.25) is 18.7 Å². The summed E-state index contributed by atoms with van der Waals surface area (Å²) in [6, 6.07) is 16.4. The Kier molecular flexibility index (Phi) is 9.44. The van der Waals surface area contributed by atoms with E-state index in [0.717, 1.165) is 24.0 Å². The second-order valence-electron chi connectivity index (χ2n) is 11.7. The van der Waals surface area contributed by atoms with Gasteiger partial charge in [0, 0.05) is 44.8 Å². The molecule has 11 nitrogen and oxygen atoms in total. The maximum atomic E-state index is 14.4. The Hall–Kier alpha value is -3.93. The lowest BCUT2D eigenvalue weighted by Crippen LogP contribution is -2.47. The Morgan fingerprint density at radius 2 is 1.68 bits per heavy atom. The number of aliphatic hydroxyl groups excluding tert-OH is 1. The third-order valence-corrected chi connectivity index (χ3v) is 8.82. The average molecular weight is 604 g/mol. The number of ether oxygens (including phenoxy) is 2. The summed E-state index contributed by atoms with van der Waals surface area (Å²) in [4.78, 5) is 44.9. The zero-order chi connectivity index (χ0) is 30.5. The molecular weight excluding hydrogens is 562 g/mol. The van der Waals surface area contributed by atoms with Gasteiger partial charge in [-0.2, -0.15) is 0 Å². The third-order valence-electron chi connectivity index (χ3n) is 8.82. The molecule has 2 N–H and O–H groups in total. The second kappa shape index (κ2) is 13.8. The van der Waals surface area contributed by atoms with Gasteiger partial charge in [0.15, 0.2) is 6.61 Å². The number of carbonyl (C=O) groups excluding carboxylic acids is 2. The molecule has 0 radical (unpaired) electrons. The number of benzene rings is 2. The van der Waals surface area contributed by atoms with Crippen molar-refractivity contribution < 1.29 is 24.2 Å². The van der Waals surface area contributed by atoms with Crippen LogP contribution in [0.4, 0.5) is 0 Å². The first-order valence-electron chi connectivity index (χ1n) is 15.7. The SMILES string of the molecule is O=C(COc1cccc(Cn2c(C(=O)N3CCNCC3)c(-c3ccccc3)n(C3CCCC[C@H]3O)c2=O)c1)N1CCOCC1. The number of piperazine rings is 1. The summed E-state index contributed by atoms with van der Waals surface area (Å²) in [5.41, 5.74) is 2.09. The Labute approximate surface area is 257 Å². The van der Waals surface area contributed by atoms with Crippen LogP contribution in [0, 0.1) is 0 Å². The number of hydrogen-bond acceptors (Lipinski definition) is 7. The van der Waals surface area contributed by atoms with Crippen LogP contribution in [0.3, 0.4) is 0 Å². The molecule has 6 rings (SSSR count). The molecule has 0 bridgehead atoms. The molecule has 2 aromatic carbocycles. The van der Waals surface area contributed by atoms with Crippen molar-refractivity contribution in [3.8, 4) is 17.0 Å². The van der Waals surface area contributed by atoms with E-state index in [1.54, 1.807) is 25.0 Å². The van der Waals surface area contributed by atoms with Gasteiger partial charge in [-0.25, -0.2) is 4.79 Å². The van der Waals surface area contributed by atoms with Gasteiger partial charge in [-0.05, 0) is 30.5 Å². The zero-order valence-electron chi connectivity index (χ0n) is 25.0. The van der Waals surface area contributed by atoms with E-state index in [1.807, 2.05) is 48.5 Å². The predicted molar refractivity (Wildman–Crippen MR) is 165 cm³/mol. The quantitative estimate of drug-likeness (QED) is 0.405. The van der Waals surface area contributed by atoms with Gasteiger partial charge in [0.05, 0.1) is 37.6 Å². The summed E-state index contributed by atoms with van der Waals surface area (Å²) in [6.07, 6.45) is 2.40. The largest absolute Gasteiger partial charge is 0.484 e. The number of nitrogens with one attached hydrogen (secondary N) is 1. The number of carbonyl (C=O) groups is 2. The molecule has 44 heavy (non-hydrogen) atoms. The minimum atomic E-state index is -0.678. The second-order valence-corrected chi connectivity index (χ2v) is 11.7. The number of rotatable bonds is 8. The minimum Gasteiger partial charge on any atom is -0.484 e. The first-order chi connectivity index (χ1) is 21.5. The molecular formula is C33H41N5O6. The summed E-state index contributed by atoms with van der Waals surface area (Å²) in [7, 11) is 0. The normalized spacial score (nSPS) is 20.8. The van der Waals surface area contributed by atoms with Crippen molar-refractivity contribution in [2.24, 2.45) is 0 Å². The maximum Gasteiger partial charge on any atom is 0.329 e.